The maximum atomic E-state index is 4.97. The van der Waals surface area contributed by atoms with Gasteiger partial charge in [0.25, 0.3) is 0 Å². The van der Waals surface area contributed by atoms with Gasteiger partial charge in [-0.2, -0.15) is 5.10 Å². The van der Waals surface area contributed by atoms with E-state index in [1.165, 1.54) is 0 Å². The average molecular weight is 247 g/mol. The molecule has 2 heterocycles. The van der Waals surface area contributed by atoms with Gasteiger partial charge in [0.05, 0.1) is 24.1 Å². The molecule has 6 heteroatoms. The molecule has 0 spiro atoms. The van der Waals surface area contributed by atoms with E-state index in [1.54, 1.807) is 24.2 Å². The molecule has 2 aromatic heterocycles. The summed E-state index contributed by atoms with van der Waals surface area (Å²) in [6, 6.07) is 1.90. The maximum Gasteiger partial charge on any atom is 0.162 e. The average Bonchev–Trinajstić information content (AvgIpc) is 2.82. The van der Waals surface area contributed by atoms with Gasteiger partial charge in [0.15, 0.2) is 5.82 Å². The Balaban J connectivity index is 2.01. The summed E-state index contributed by atoms with van der Waals surface area (Å²) in [6.45, 7) is 2.21. The molecular weight excluding hydrogens is 230 g/mol. The highest BCUT2D eigenvalue weighted by Crippen LogP contribution is 2.12. The Labute approximate surface area is 106 Å². The number of methoxy groups -OCH3 is 1. The fourth-order valence-electron chi connectivity index (χ4n) is 1.56. The summed E-state index contributed by atoms with van der Waals surface area (Å²) in [7, 11) is 3.56. The first-order chi connectivity index (χ1) is 8.79. The zero-order chi connectivity index (χ0) is 12.8. The molecule has 0 fully saturated rings. The molecule has 0 amide bonds. The summed E-state index contributed by atoms with van der Waals surface area (Å²) in [5.41, 5.74) is 1.89. The summed E-state index contributed by atoms with van der Waals surface area (Å²) in [5, 5.41) is 7.36. The molecule has 0 radical (unpaired) electrons. The van der Waals surface area contributed by atoms with E-state index in [9.17, 15) is 0 Å². The first kappa shape index (κ1) is 12.7. The molecule has 2 aromatic rings. The van der Waals surface area contributed by atoms with E-state index < -0.39 is 0 Å². The molecule has 0 aliphatic rings. The highest BCUT2D eigenvalue weighted by Gasteiger charge is 2.04. The Morgan fingerprint density at radius 1 is 1.44 bits per heavy atom. The molecule has 6 nitrogen and oxygen atoms in total. The lowest BCUT2D eigenvalue weighted by molar-refractivity contribution is 0.199. The van der Waals surface area contributed by atoms with E-state index >= 15 is 0 Å². The molecule has 0 aromatic carbocycles. The third kappa shape index (κ3) is 3.35. The SMILES string of the molecule is COCCNCc1ccnc(-c2cnn(C)c2)n1. The van der Waals surface area contributed by atoms with Crippen molar-refractivity contribution >= 4 is 0 Å². The van der Waals surface area contributed by atoms with Crippen molar-refractivity contribution in [3.05, 3.63) is 30.4 Å². The van der Waals surface area contributed by atoms with Crippen LogP contribution in [-0.2, 0) is 18.3 Å². The zero-order valence-electron chi connectivity index (χ0n) is 10.6. The Bertz CT molecular complexity index is 497. The topological polar surface area (TPSA) is 64.9 Å². The Hall–Kier alpha value is -1.79. The molecule has 0 saturated heterocycles. The van der Waals surface area contributed by atoms with E-state index in [4.69, 9.17) is 4.74 Å². The minimum atomic E-state index is 0.695. The molecule has 1 N–H and O–H groups in total. The zero-order valence-corrected chi connectivity index (χ0v) is 10.6. The molecule has 2 rings (SSSR count). The number of nitrogens with one attached hydrogen (secondary N) is 1. The number of hydrogen-bond donors (Lipinski definition) is 1. The molecular formula is C12H17N5O. The second-order valence-electron chi connectivity index (χ2n) is 3.94. The Morgan fingerprint density at radius 3 is 3.06 bits per heavy atom. The fraction of sp³-hybridized carbons (Fsp3) is 0.417. The van der Waals surface area contributed by atoms with Gasteiger partial charge in [-0.1, -0.05) is 0 Å². The van der Waals surface area contributed by atoms with Gasteiger partial charge in [0.2, 0.25) is 0 Å². The van der Waals surface area contributed by atoms with E-state index in [1.807, 2.05) is 19.3 Å². The van der Waals surface area contributed by atoms with Gasteiger partial charge in [0.1, 0.15) is 0 Å². The van der Waals surface area contributed by atoms with Crippen LogP contribution in [0.4, 0.5) is 0 Å². The molecule has 18 heavy (non-hydrogen) atoms. The summed E-state index contributed by atoms with van der Waals surface area (Å²) < 4.78 is 6.71. The van der Waals surface area contributed by atoms with Crippen molar-refractivity contribution in [3.8, 4) is 11.4 Å². The van der Waals surface area contributed by atoms with Crippen molar-refractivity contribution in [3.63, 3.8) is 0 Å². The second kappa shape index (κ2) is 6.23. The van der Waals surface area contributed by atoms with Crippen LogP contribution in [0.15, 0.2) is 24.7 Å². The van der Waals surface area contributed by atoms with Crippen LogP contribution in [0, 0.1) is 0 Å². The monoisotopic (exact) mass is 247 g/mol. The molecule has 0 bridgehead atoms. The van der Waals surface area contributed by atoms with Crippen molar-refractivity contribution in [2.75, 3.05) is 20.3 Å². The van der Waals surface area contributed by atoms with Crippen molar-refractivity contribution in [1.29, 1.82) is 0 Å². The van der Waals surface area contributed by atoms with Crippen LogP contribution in [0.5, 0.6) is 0 Å². The van der Waals surface area contributed by atoms with E-state index in [0.29, 0.717) is 19.0 Å². The number of nitrogens with zero attached hydrogens (tertiary/aromatic N) is 4. The lowest BCUT2D eigenvalue weighted by Gasteiger charge is -2.04. The van der Waals surface area contributed by atoms with Gasteiger partial charge in [-0.15, -0.1) is 0 Å². The summed E-state index contributed by atoms with van der Waals surface area (Å²) in [5.74, 6) is 0.703. The molecule has 0 unspecified atom stereocenters. The van der Waals surface area contributed by atoms with Gasteiger partial charge in [-0.25, -0.2) is 9.97 Å². The number of hydrogen-bond acceptors (Lipinski definition) is 5. The molecule has 0 aliphatic heterocycles. The first-order valence-electron chi connectivity index (χ1n) is 5.80. The predicted molar refractivity (Wildman–Crippen MR) is 67.8 cm³/mol. The van der Waals surface area contributed by atoms with E-state index in [-0.39, 0.29) is 0 Å². The third-order valence-electron chi connectivity index (χ3n) is 2.47. The molecule has 96 valence electrons. The molecule has 0 saturated carbocycles. The lowest BCUT2D eigenvalue weighted by atomic mass is 10.3. The van der Waals surface area contributed by atoms with Crippen LogP contribution in [0.1, 0.15) is 5.69 Å². The fourth-order valence-corrected chi connectivity index (χ4v) is 1.56. The van der Waals surface area contributed by atoms with Gasteiger partial charge in [0, 0.05) is 39.6 Å². The predicted octanol–water partition coefficient (Wildman–Crippen LogP) is 0.613. The van der Waals surface area contributed by atoms with Crippen LogP contribution < -0.4 is 5.32 Å². The minimum absolute atomic E-state index is 0.695. The number of ether oxygens (including phenoxy) is 1. The number of rotatable bonds is 6. The Morgan fingerprint density at radius 2 is 2.33 bits per heavy atom. The van der Waals surface area contributed by atoms with Crippen molar-refractivity contribution in [2.45, 2.75) is 6.54 Å². The first-order valence-corrected chi connectivity index (χ1v) is 5.80. The molecule has 0 atom stereocenters. The van der Waals surface area contributed by atoms with Crippen LogP contribution in [0.25, 0.3) is 11.4 Å². The highest BCUT2D eigenvalue weighted by atomic mass is 16.5. The van der Waals surface area contributed by atoms with Crippen LogP contribution >= 0.6 is 0 Å². The number of aromatic nitrogens is 4. The standard InChI is InChI=1S/C12H17N5O/c1-17-9-10(7-15-17)12-14-4-3-11(16-12)8-13-5-6-18-2/h3-4,7,9,13H,5-6,8H2,1-2H3. The minimum Gasteiger partial charge on any atom is -0.383 e. The molecule has 0 aliphatic carbocycles. The van der Waals surface area contributed by atoms with Crippen molar-refractivity contribution in [1.82, 2.24) is 25.1 Å². The van der Waals surface area contributed by atoms with Crippen LogP contribution in [0.2, 0.25) is 0 Å². The van der Waals surface area contributed by atoms with Crippen LogP contribution in [0.3, 0.4) is 0 Å². The van der Waals surface area contributed by atoms with Gasteiger partial charge >= 0.3 is 0 Å². The smallest absolute Gasteiger partial charge is 0.162 e. The van der Waals surface area contributed by atoms with Crippen molar-refractivity contribution < 1.29 is 4.74 Å². The number of aryl methyl sites for hydroxylation is 1. The van der Waals surface area contributed by atoms with Gasteiger partial charge in [-0.05, 0) is 6.07 Å². The normalized spacial score (nSPS) is 10.8. The summed E-state index contributed by atoms with van der Waals surface area (Å²) in [4.78, 5) is 8.74. The lowest BCUT2D eigenvalue weighted by Crippen LogP contribution is -2.19. The largest absolute Gasteiger partial charge is 0.383 e. The van der Waals surface area contributed by atoms with Crippen LogP contribution in [-0.4, -0.2) is 40.0 Å². The quantitative estimate of drug-likeness (QED) is 0.758. The summed E-state index contributed by atoms with van der Waals surface area (Å²) in [6.07, 6.45) is 5.43. The second-order valence-corrected chi connectivity index (χ2v) is 3.94. The Kier molecular flexibility index (Phi) is 4.38. The van der Waals surface area contributed by atoms with E-state index in [2.05, 4.69) is 20.4 Å². The third-order valence-corrected chi connectivity index (χ3v) is 2.47. The van der Waals surface area contributed by atoms with Crippen molar-refractivity contribution in [2.24, 2.45) is 7.05 Å². The summed E-state index contributed by atoms with van der Waals surface area (Å²) >= 11 is 0. The van der Waals surface area contributed by atoms with Gasteiger partial charge < -0.3 is 10.1 Å². The van der Waals surface area contributed by atoms with Gasteiger partial charge in [-0.3, -0.25) is 4.68 Å². The maximum absolute atomic E-state index is 4.97. The highest BCUT2D eigenvalue weighted by molar-refractivity contribution is 5.51. The van der Waals surface area contributed by atoms with E-state index in [0.717, 1.165) is 17.8 Å².